The number of halogens is 2. The molecule has 0 amide bonds. The van der Waals surface area contributed by atoms with Gasteiger partial charge in [0.1, 0.15) is 13.4 Å². The van der Waals surface area contributed by atoms with Crippen molar-refractivity contribution in [1.29, 1.82) is 0 Å². The molecule has 1 aromatic carbocycles. The second-order valence-electron chi connectivity index (χ2n) is 6.26. The second-order valence-corrected chi connectivity index (χ2v) is 7.10. The molecule has 1 atom stereocenters. The standard InChI is InChI=1S/C17H27BCl2N2O2/c18-9-2-1-7-17(21,16(23)24)8-3-10-22-11-6-13-4-5-14(19)12-15(13)20/h4-5,12,22H,1-3,6-11,18,21H2,(H,23,24). The van der Waals surface area contributed by atoms with Gasteiger partial charge in [-0.05, 0) is 56.5 Å². The SMILES string of the molecule is BCCCCC(N)(CCCNCCc1ccc(Cl)cc1Cl)C(=O)O. The van der Waals surface area contributed by atoms with Gasteiger partial charge >= 0.3 is 5.97 Å². The van der Waals surface area contributed by atoms with E-state index in [1.165, 1.54) is 0 Å². The summed E-state index contributed by atoms with van der Waals surface area (Å²) in [7, 11) is 2.09. The number of rotatable bonds is 12. The van der Waals surface area contributed by atoms with Gasteiger partial charge < -0.3 is 16.2 Å². The Hall–Kier alpha value is -0.745. The Morgan fingerprint density at radius 2 is 1.92 bits per heavy atom. The molecule has 0 saturated carbocycles. The first-order chi connectivity index (χ1) is 11.4. The molecule has 0 heterocycles. The Kier molecular flexibility index (Phi) is 9.75. The molecule has 0 aliphatic carbocycles. The van der Waals surface area contributed by atoms with Crippen LogP contribution in [0.25, 0.3) is 0 Å². The number of carboxylic acids is 1. The normalized spacial score (nSPS) is 13.6. The topological polar surface area (TPSA) is 75.3 Å². The number of carboxylic acid groups (broad SMARTS) is 1. The molecule has 1 aromatic rings. The van der Waals surface area contributed by atoms with Crippen LogP contribution >= 0.6 is 23.2 Å². The minimum Gasteiger partial charge on any atom is -0.480 e. The quantitative estimate of drug-likeness (QED) is 0.389. The number of benzene rings is 1. The molecule has 1 rings (SSSR count). The number of nitrogens with one attached hydrogen (secondary N) is 1. The van der Waals surface area contributed by atoms with E-state index >= 15 is 0 Å². The van der Waals surface area contributed by atoms with Gasteiger partial charge in [-0.1, -0.05) is 48.4 Å². The molecule has 0 radical (unpaired) electrons. The van der Waals surface area contributed by atoms with Crippen molar-refractivity contribution in [2.75, 3.05) is 13.1 Å². The zero-order valence-corrected chi connectivity index (χ0v) is 15.8. The van der Waals surface area contributed by atoms with Crippen LogP contribution in [-0.2, 0) is 11.2 Å². The molecule has 0 fully saturated rings. The highest BCUT2D eigenvalue weighted by molar-refractivity contribution is 6.35. The van der Waals surface area contributed by atoms with Crippen LogP contribution in [0.3, 0.4) is 0 Å². The Labute approximate surface area is 155 Å². The third-order valence-electron chi connectivity index (χ3n) is 4.22. The highest BCUT2D eigenvalue weighted by Crippen LogP contribution is 2.21. The molecule has 4 N–H and O–H groups in total. The summed E-state index contributed by atoms with van der Waals surface area (Å²) in [4.78, 5) is 11.4. The molecule has 0 saturated heterocycles. The largest absolute Gasteiger partial charge is 0.480 e. The van der Waals surface area contributed by atoms with E-state index in [1.807, 2.05) is 12.1 Å². The summed E-state index contributed by atoms with van der Waals surface area (Å²) in [5.41, 5.74) is 6.01. The van der Waals surface area contributed by atoms with Gasteiger partial charge in [0.15, 0.2) is 0 Å². The van der Waals surface area contributed by atoms with Crippen LogP contribution in [0.4, 0.5) is 0 Å². The predicted octanol–water partition coefficient (Wildman–Crippen LogP) is 2.91. The van der Waals surface area contributed by atoms with Crippen molar-refractivity contribution in [2.24, 2.45) is 5.73 Å². The fourth-order valence-corrected chi connectivity index (χ4v) is 3.13. The van der Waals surface area contributed by atoms with Gasteiger partial charge in [-0.3, -0.25) is 4.79 Å². The van der Waals surface area contributed by atoms with Gasteiger partial charge in [-0.25, -0.2) is 0 Å². The summed E-state index contributed by atoms with van der Waals surface area (Å²) >= 11 is 12.0. The number of aliphatic carboxylic acids is 1. The van der Waals surface area contributed by atoms with Gasteiger partial charge in [-0.15, -0.1) is 0 Å². The monoisotopic (exact) mass is 372 g/mol. The first kappa shape index (κ1) is 21.3. The van der Waals surface area contributed by atoms with Gasteiger partial charge in [0.2, 0.25) is 0 Å². The minimum atomic E-state index is -1.10. The van der Waals surface area contributed by atoms with E-state index in [0.29, 0.717) is 22.9 Å². The summed E-state index contributed by atoms with van der Waals surface area (Å²) in [6.07, 6.45) is 5.51. The number of hydrogen-bond donors (Lipinski definition) is 3. The Morgan fingerprint density at radius 1 is 1.21 bits per heavy atom. The molecule has 0 spiro atoms. The average molecular weight is 373 g/mol. The maximum absolute atomic E-state index is 11.4. The van der Waals surface area contributed by atoms with Crippen LogP contribution in [0.2, 0.25) is 16.4 Å². The van der Waals surface area contributed by atoms with E-state index < -0.39 is 11.5 Å². The number of hydrogen-bond acceptors (Lipinski definition) is 3. The maximum atomic E-state index is 11.4. The number of unbranched alkanes of at least 4 members (excludes halogenated alkanes) is 1. The third kappa shape index (κ3) is 7.43. The predicted molar refractivity (Wildman–Crippen MR) is 104 cm³/mol. The lowest BCUT2D eigenvalue weighted by Gasteiger charge is -2.24. The molecule has 0 aliphatic rings. The lowest BCUT2D eigenvalue weighted by molar-refractivity contribution is -0.144. The van der Waals surface area contributed by atoms with E-state index in [1.54, 1.807) is 6.07 Å². The molecule has 24 heavy (non-hydrogen) atoms. The summed E-state index contributed by atoms with van der Waals surface area (Å²) in [6.45, 7) is 1.52. The van der Waals surface area contributed by atoms with Crippen LogP contribution in [0.1, 0.15) is 37.7 Å². The lowest BCUT2D eigenvalue weighted by Crippen LogP contribution is -2.48. The molecule has 0 aliphatic heterocycles. The summed E-state index contributed by atoms with van der Waals surface area (Å²) in [5.74, 6) is -0.897. The zero-order valence-electron chi connectivity index (χ0n) is 14.3. The lowest BCUT2D eigenvalue weighted by atomic mass is 9.87. The molecule has 7 heteroatoms. The molecular formula is C17H27BCl2N2O2. The van der Waals surface area contributed by atoms with Crippen molar-refractivity contribution in [3.63, 3.8) is 0 Å². The molecule has 134 valence electrons. The first-order valence-corrected chi connectivity index (χ1v) is 9.31. The van der Waals surface area contributed by atoms with E-state index in [2.05, 4.69) is 13.2 Å². The average Bonchev–Trinajstić information content (AvgIpc) is 2.52. The van der Waals surface area contributed by atoms with E-state index in [-0.39, 0.29) is 0 Å². The van der Waals surface area contributed by atoms with Crippen molar-refractivity contribution in [3.05, 3.63) is 33.8 Å². The Morgan fingerprint density at radius 3 is 2.54 bits per heavy atom. The first-order valence-electron chi connectivity index (χ1n) is 8.56. The van der Waals surface area contributed by atoms with Crippen LogP contribution in [-0.4, -0.2) is 37.6 Å². The van der Waals surface area contributed by atoms with Crippen molar-refractivity contribution in [3.8, 4) is 0 Å². The Balaban J connectivity index is 2.27. The van der Waals surface area contributed by atoms with Crippen molar-refractivity contribution in [2.45, 2.75) is 50.4 Å². The summed E-state index contributed by atoms with van der Waals surface area (Å²) in [6, 6.07) is 5.49. The molecular weight excluding hydrogens is 346 g/mol. The molecule has 1 unspecified atom stereocenters. The smallest absolute Gasteiger partial charge is 0.323 e. The Bertz CT molecular complexity index is 531. The van der Waals surface area contributed by atoms with Gasteiger partial charge in [-0.2, -0.15) is 0 Å². The zero-order chi connectivity index (χ0) is 18.0. The fraction of sp³-hybridized carbons (Fsp3) is 0.588. The van der Waals surface area contributed by atoms with E-state index in [0.717, 1.165) is 50.7 Å². The van der Waals surface area contributed by atoms with Crippen LogP contribution in [0.15, 0.2) is 18.2 Å². The van der Waals surface area contributed by atoms with Gasteiger partial charge in [0, 0.05) is 10.0 Å². The molecule has 0 bridgehead atoms. The highest BCUT2D eigenvalue weighted by atomic mass is 35.5. The maximum Gasteiger partial charge on any atom is 0.323 e. The van der Waals surface area contributed by atoms with Crippen molar-refractivity contribution < 1.29 is 9.90 Å². The third-order valence-corrected chi connectivity index (χ3v) is 4.80. The number of carbonyl (C=O) groups is 1. The van der Waals surface area contributed by atoms with Crippen LogP contribution < -0.4 is 11.1 Å². The summed E-state index contributed by atoms with van der Waals surface area (Å²) in [5, 5.41) is 14.0. The van der Waals surface area contributed by atoms with Gasteiger partial charge in [0.25, 0.3) is 0 Å². The number of nitrogens with two attached hydrogens (primary N) is 1. The van der Waals surface area contributed by atoms with E-state index in [9.17, 15) is 9.90 Å². The fourth-order valence-electron chi connectivity index (χ4n) is 2.63. The minimum absolute atomic E-state index is 0.487. The van der Waals surface area contributed by atoms with Crippen molar-refractivity contribution >= 4 is 37.0 Å². The summed E-state index contributed by atoms with van der Waals surface area (Å²) < 4.78 is 0. The van der Waals surface area contributed by atoms with Crippen LogP contribution in [0, 0.1) is 0 Å². The van der Waals surface area contributed by atoms with Crippen molar-refractivity contribution in [1.82, 2.24) is 5.32 Å². The van der Waals surface area contributed by atoms with Crippen LogP contribution in [0.5, 0.6) is 0 Å². The highest BCUT2D eigenvalue weighted by Gasteiger charge is 2.32. The molecule has 0 aromatic heterocycles. The van der Waals surface area contributed by atoms with Gasteiger partial charge in [0.05, 0.1) is 0 Å². The molecule has 4 nitrogen and oxygen atoms in total. The van der Waals surface area contributed by atoms with E-state index in [4.69, 9.17) is 28.9 Å². The second kappa shape index (κ2) is 11.0.